The minimum Gasteiger partial charge on any atom is -0.494 e. The van der Waals surface area contributed by atoms with Gasteiger partial charge in [0, 0.05) is 5.69 Å². The molecule has 0 spiro atoms. The standard InChI is InChI=1S/C24H26N2O4S/c1-4-30-22-12-10-20(11-13-22)25-24(27)17-26(21-7-5-6-19(3)16-21)31(28,29)23-14-8-18(2)9-15-23/h5-16H,4,17H2,1-3H3,(H,25,27). The predicted octanol–water partition coefficient (Wildman–Crippen LogP) is 4.54. The maximum Gasteiger partial charge on any atom is 0.264 e. The summed E-state index contributed by atoms with van der Waals surface area (Å²) in [7, 11) is -3.94. The highest BCUT2D eigenvalue weighted by atomic mass is 32.2. The Balaban J connectivity index is 1.88. The van der Waals surface area contributed by atoms with Crippen LogP contribution in [0.15, 0.2) is 77.7 Å². The van der Waals surface area contributed by atoms with Crippen molar-refractivity contribution in [1.82, 2.24) is 0 Å². The van der Waals surface area contributed by atoms with Crippen LogP contribution in [-0.2, 0) is 14.8 Å². The number of hydrogen-bond acceptors (Lipinski definition) is 4. The van der Waals surface area contributed by atoms with Gasteiger partial charge in [0.2, 0.25) is 5.91 Å². The van der Waals surface area contributed by atoms with E-state index >= 15 is 0 Å². The fourth-order valence-corrected chi connectivity index (χ4v) is 4.48. The molecule has 0 heterocycles. The second-order valence-electron chi connectivity index (χ2n) is 7.17. The molecule has 31 heavy (non-hydrogen) atoms. The van der Waals surface area contributed by atoms with E-state index in [1.807, 2.05) is 26.8 Å². The smallest absolute Gasteiger partial charge is 0.264 e. The van der Waals surface area contributed by atoms with Crippen molar-refractivity contribution >= 4 is 27.3 Å². The third-order valence-corrected chi connectivity index (χ3v) is 6.42. The van der Waals surface area contributed by atoms with Crippen molar-refractivity contribution in [3.05, 3.63) is 83.9 Å². The minimum atomic E-state index is -3.94. The molecule has 3 aromatic rings. The lowest BCUT2D eigenvalue weighted by atomic mass is 10.2. The van der Waals surface area contributed by atoms with Crippen LogP contribution >= 0.6 is 0 Å². The molecule has 0 aliphatic carbocycles. The summed E-state index contributed by atoms with van der Waals surface area (Å²) in [6, 6.07) is 20.6. The lowest BCUT2D eigenvalue weighted by Gasteiger charge is -2.24. The Labute approximate surface area is 183 Å². The molecule has 0 bridgehead atoms. The number of nitrogens with zero attached hydrogens (tertiary/aromatic N) is 1. The van der Waals surface area contributed by atoms with Crippen LogP contribution in [0.5, 0.6) is 5.75 Å². The monoisotopic (exact) mass is 438 g/mol. The maximum atomic E-state index is 13.4. The number of amides is 1. The van der Waals surface area contributed by atoms with E-state index in [2.05, 4.69) is 5.32 Å². The van der Waals surface area contributed by atoms with Crippen molar-refractivity contribution in [3.8, 4) is 5.75 Å². The van der Waals surface area contributed by atoms with Crippen molar-refractivity contribution in [2.75, 3.05) is 22.8 Å². The number of carbonyl (C=O) groups excluding carboxylic acids is 1. The number of hydrogen-bond donors (Lipinski definition) is 1. The number of ether oxygens (including phenoxy) is 1. The van der Waals surface area contributed by atoms with Crippen LogP contribution in [0.25, 0.3) is 0 Å². The Morgan fingerprint density at radius 3 is 2.23 bits per heavy atom. The van der Waals surface area contributed by atoms with E-state index in [0.717, 1.165) is 15.4 Å². The Hall–Kier alpha value is -3.32. The molecule has 0 radical (unpaired) electrons. The van der Waals surface area contributed by atoms with E-state index in [9.17, 15) is 13.2 Å². The summed E-state index contributed by atoms with van der Waals surface area (Å²) in [5.41, 5.74) is 2.84. The van der Waals surface area contributed by atoms with E-state index in [0.29, 0.717) is 23.7 Å². The highest BCUT2D eigenvalue weighted by Gasteiger charge is 2.27. The van der Waals surface area contributed by atoms with Crippen LogP contribution < -0.4 is 14.4 Å². The molecule has 0 aromatic heterocycles. The summed E-state index contributed by atoms with van der Waals surface area (Å²) in [5.74, 6) is 0.255. The Morgan fingerprint density at radius 2 is 1.61 bits per heavy atom. The van der Waals surface area contributed by atoms with Gasteiger partial charge in [0.1, 0.15) is 12.3 Å². The molecule has 3 aromatic carbocycles. The summed E-state index contributed by atoms with van der Waals surface area (Å²) < 4.78 is 33.3. The zero-order valence-corrected chi connectivity index (χ0v) is 18.6. The van der Waals surface area contributed by atoms with Gasteiger partial charge in [-0.15, -0.1) is 0 Å². The molecule has 6 nitrogen and oxygen atoms in total. The average Bonchev–Trinajstić information content (AvgIpc) is 2.74. The van der Waals surface area contributed by atoms with Crippen LogP contribution in [0.1, 0.15) is 18.1 Å². The first-order valence-electron chi connectivity index (χ1n) is 9.98. The zero-order chi connectivity index (χ0) is 22.4. The van der Waals surface area contributed by atoms with Crippen molar-refractivity contribution in [1.29, 1.82) is 0 Å². The summed E-state index contributed by atoms with van der Waals surface area (Å²) in [6.07, 6.45) is 0. The number of anilines is 2. The Kier molecular flexibility index (Phi) is 6.97. The van der Waals surface area contributed by atoms with Crippen LogP contribution in [0, 0.1) is 13.8 Å². The van der Waals surface area contributed by atoms with Gasteiger partial charge in [-0.05, 0) is 74.9 Å². The second-order valence-corrected chi connectivity index (χ2v) is 9.03. The number of benzene rings is 3. The molecular weight excluding hydrogens is 412 g/mol. The molecule has 7 heteroatoms. The molecule has 0 aliphatic rings. The zero-order valence-electron chi connectivity index (χ0n) is 17.8. The summed E-state index contributed by atoms with van der Waals surface area (Å²) in [6.45, 7) is 5.85. The first kappa shape index (κ1) is 22.4. The molecule has 0 saturated carbocycles. The maximum absolute atomic E-state index is 13.4. The van der Waals surface area contributed by atoms with Crippen LogP contribution in [0.3, 0.4) is 0 Å². The average molecular weight is 439 g/mol. The summed E-state index contributed by atoms with van der Waals surface area (Å²) in [4.78, 5) is 12.9. The van der Waals surface area contributed by atoms with Gasteiger partial charge in [0.05, 0.1) is 17.2 Å². The topological polar surface area (TPSA) is 75.7 Å². The van der Waals surface area contributed by atoms with Crippen molar-refractivity contribution in [3.63, 3.8) is 0 Å². The van der Waals surface area contributed by atoms with E-state index in [-0.39, 0.29) is 11.4 Å². The molecule has 1 N–H and O–H groups in total. The van der Waals surface area contributed by atoms with Gasteiger partial charge in [-0.1, -0.05) is 29.8 Å². The van der Waals surface area contributed by atoms with E-state index in [4.69, 9.17) is 4.74 Å². The lowest BCUT2D eigenvalue weighted by molar-refractivity contribution is -0.114. The predicted molar refractivity (Wildman–Crippen MR) is 123 cm³/mol. The van der Waals surface area contributed by atoms with E-state index in [1.165, 1.54) is 0 Å². The van der Waals surface area contributed by atoms with Crippen molar-refractivity contribution in [2.24, 2.45) is 0 Å². The fraction of sp³-hybridized carbons (Fsp3) is 0.208. The summed E-state index contributed by atoms with van der Waals surface area (Å²) in [5, 5.41) is 2.76. The Morgan fingerprint density at radius 1 is 0.935 bits per heavy atom. The first-order chi connectivity index (χ1) is 14.8. The largest absolute Gasteiger partial charge is 0.494 e. The molecule has 0 saturated heterocycles. The molecule has 162 valence electrons. The normalized spacial score (nSPS) is 11.1. The van der Waals surface area contributed by atoms with Crippen LogP contribution in [0.2, 0.25) is 0 Å². The number of aryl methyl sites for hydroxylation is 2. The van der Waals surface area contributed by atoms with Gasteiger partial charge >= 0.3 is 0 Å². The number of rotatable bonds is 8. The van der Waals surface area contributed by atoms with Crippen molar-refractivity contribution in [2.45, 2.75) is 25.7 Å². The minimum absolute atomic E-state index is 0.133. The first-order valence-corrected chi connectivity index (χ1v) is 11.4. The second kappa shape index (κ2) is 9.66. The third-order valence-electron chi connectivity index (χ3n) is 4.63. The molecule has 0 unspecified atom stereocenters. The van der Waals surface area contributed by atoms with Gasteiger partial charge in [-0.25, -0.2) is 8.42 Å². The summed E-state index contributed by atoms with van der Waals surface area (Å²) >= 11 is 0. The van der Waals surface area contributed by atoms with Gasteiger partial charge in [0.25, 0.3) is 10.0 Å². The SMILES string of the molecule is CCOc1ccc(NC(=O)CN(c2cccc(C)c2)S(=O)(=O)c2ccc(C)cc2)cc1. The lowest BCUT2D eigenvalue weighted by Crippen LogP contribution is -2.38. The van der Waals surface area contributed by atoms with Gasteiger partial charge in [-0.2, -0.15) is 0 Å². The molecule has 0 fully saturated rings. The van der Waals surface area contributed by atoms with Crippen molar-refractivity contribution < 1.29 is 17.9 Å². The highest BCUT2D eigenvalue weighted by molar-refractivity contribution is 7.92. The fourth-order valence-electron chi connectivity index (χ4n) is 3.07. The number of sulfonamides is 1. The van der Waals surface area contributed by atoms with Crippen LogP contribution in [0.4, 0.5) is 11.4 Å². The molecule has 3 rings (SSSR count). The molecule has 0 aliphatic heterocycles. The van der Waals surface area contributed by atoms with Gasteiger partial charge in [0.15, 0.2) is 0 Å². The van der Waals surface area contributed by atoms with Gasteiger partial charge < -0.3 is 10.1 Å². The van der Waals surface area contributed by atoms with E-state index in [1.54, 1.807) is 66.7 Å². The number of carbonyl (C=O) groups is 1. The van der Waals surface area contributed by atoms with Crippen LogP contribution in [-0.4, -0.2) is 27.5 Å². The highest BCUT2D eigenvalue weighted by Crippen LogP contribution is 2.25. The Bertz CT molecular complexity index is 1140. The third kappa shape index (κ3) is 5.64. The van der Waals surface area contributed by atoms with E-state index < -0.39 is 15.9 Å². The quantitative estimate of drug-likeness (QED) is 0.560. The molecule has 1 amide bonds. The van der Waals surface area contributed by atoms with Gasteiger partial charge in [-0.3, -0.25) is 9.10 Å². The molecule has 0 atom stereocenters. The molecular formula is C24H26N2O4S. The number of nitrogens with one attached hydrogen (secondary N) is 1.